The van der Waals surface area contributed by atoms with E-state index < -0.39 is 5.41 Å². The zero-order valence-electron chi connectivity index (χ0n) is 34.5. The Kier molecular flexibility index (Phi) is 8.76. The molecule has 11 aromatic rings. The number of rotatable bonds is 7. The lowest BCUT2D eigenvalue weighted by atomic mass is 9.67. The van der Waals surface area contributed by atoms with Gasteiger partial charge < -0.3 is 0 Å². The molecule has 1 heterocycles. The fraction of sp³-hybridized carbons (Fsp3) is 0.0164. The van der Waals surface area contributed by atoms with Crippen LogP contribution in [0.1, 0.15) is 22.3 Å². The van der Waals surface area contributed by atoms with Crippen LogP contribution in [-0.2, 0) is 5.41 Å². The summed E-state index contributed by atoms with van der Waals surface area (Å²) < 4.78 is 0. The average Bonchev–Trinajstić information content (AvgIpc) is 3.67. The van der Waals surface area contributed by atoms with E-state index in [0.717, 1.165) is 44.6 Å². The number of fused-ring (bicyclic) bond motifs is 5. The summed E-state index contributed by atoms with van der Waals surface area (Å²) in [5.41, 5.74) is 16.7. The van der Waals surface area contributed by atoms with Crippen LogP contribution in [-0.4, -0.2) is 9.97 Å². The van der Waals surface area contributed by atoms with Crippen LogP contribution in [0.25, 0.3) is 88.8 Å². The number of benzene rings is 10. The van der Waals surface area contributed by atoms with Crippen LogP contribution in [0.4, 0.5) is 0 Å². The second-order valence-electron chi connectivity index (χ2n) is 16.4. The highest BCUT2D eigenvalue weighted by molar-refractivity contribution is 6.05. The lowest BCUT2D eigenvalue weighted by molar-refractivity contribution is 0.769. The molecule has 12 rings (SSSR count). The van der Waals surface area contributed by atoms with Crippen LogP contribution >= 0.6 is 0 Å². The van der Waals surface area contributed by atoms with Crippen LogP contribution in [0.5, 0.6) is 0 Å². The molecular formula is C61H40N2. The Morgan fingerprint density at radius 2 is 0.762 bits per heavy atom. The fourth-order valence-corrected chi connectivity index (χ4v) is 10.1. The lowest BCUT2D eigenvalue weighted by Gasteiger charge is -2.34. The van der Waals surface area contributed by atoms with E-state index in [9.17, 15) is 0 Å². The first-order valence-corrected chi connectivity index (χ1v) is 21.6. The van der Waals surface area contributed by atoms with E-state index in [2.05, 4.69) is 237 Å². The summed E-state index contributed by atoms with van der Waals surface area (Å²) in [6, 6.07) is 87.8. The highest BCUT2D eigenvalue weighted by atomic mass is 14.9. The van der Waals surface area contributed by atoms with E-state index in [1.54, 1.807) is 0 Å². The van der Waals surface area contributed by atoms with E-state index in [0.29, 0.717) is 5.82 Å². The molecule has 2 nitrogen and oxygen atoms in total. The van der Waals surface area contributed by atoms with Crippen molar-refractivity contribution in [2.24, 2.45) is 0 Å². The average molecular weight is 801 g/mol. The van der Waals surface area contributed by atoms with E-state index in [1.165, 1.54) is 60.7 Å². The monoisotopic (exact) mass is 800 g/mol. The van der Waals surface area contributed by atoms with Gasteiger partial charge in [0.1, 0.15) is 0 Å². The van der Waals surface area contributed by atoms with Crippen LogP contribution in [0.15, 0.2) is 243 Å². The number of hydrogen-bond donors (Lipinski definition) is 0. The first-order valence-electron chi connectivity index (χ1n) is 21.6. The Bertz CT molecular complexity index is 3460. The first-order chi connectivity index (χ1) is 31.2. The van der Waals surface area contributed by atoms with Crippen LogP contribution in [0, 0.1) is 0 Å². The number of hydrogen-bond acceptors (Lipinski definition) is 2. The van der Waals surface area contributed by atoms with Gasteiger partial charge in [0.25, 0.3) is 0 Å². The second-order valence-corrected chi connectivity index (χ2v) is 16.4. The molecule has 0 saturated heterocycles. The quantitative estimate of drug-likeness (QED) is 0.160. The van der Waals surface area contributed by atoms with Gasteiger partial charge >= 0.3 is 0 Å². The van der Waals surface area contributed by atoms with Crippen molar-refractivity contribution >= 4 is 21.5 Å². The minimum Gasteiger partial charge on any atom is -0.228 e. The molecule has 1 aliphatic carbocycles. The minimum absolute atomic E-state index is 0.478. The van der Waals surface area contributed by atoms with Gasteiger partial charge in [0.15, 0.2) is 5.82 Å². The molecule has 0 saturated carbocycles. The molecule has 0 fully saturated rings. The maximum atomic E-state index is 5.34. The van der Waals surface area contributed by atoms with Gasteiger partial charge in [-0.25, -0.2) is 9.97 Å². The Morgan fingerprint density at radius 1 is 0.270 bits per heavy atom. The second kappa shape index (κ2) is 15.1. The van der Waals surface area contributed by atoms with Crippen molar-refractivity contribution in [2.75, 3.05) is 0 Å². The third-order valence-corrected chi connectivity index (χ3v) is 13.0. The fourth-order valence-electron chi connectivity index (χ4n) is 10.1. The molecule has 0 aliphatic heterocycles. The first kappa shape index (κ1) is 36.6. The number of aromatic nitrogens is 2. The normalized spacial score (nSPS) is 12.6. The summed E-state index contributed by atoms with van der Waals surface area (Å²) >= 11 is 0. The topological polar surface area (TPSA) is 25.8 Å². The maximum Gasteiger partial charge on any atom is 0.160 e. The Labute approximate surface area is 367 Å². The SMILES string of the molecule is c1ccc(-c2nc(-c3ccccc3-c3ccc4ccccc4c3)cc(-c3ccc(-c4ccc5c(c4)C(c4ccccc4)(c4ccccc4)c4ccccc4-5)c4ccccc34)n2)cc1. The molecule has 1 aliphatic rings. The zero-order valence-corrected chi connectivity index (χ0v) is 34.5. The van der Waals surface area contributed by atoms with Gasteiger partial charge in [0.2, 0.25) is 0 Å². The molecule has 0 atom stereocenters. The Balaban J connectivity index is 1.04. The maximum absolute atomic E-state index is 5.34. The summed E-state index contributed by atoms with van der Waals surface area (Å²) in [4.78, 5) is 10.6. The van der Waals surface area contributed by atoms with Gasteiger partial charge in [0.05, 0.1) is 16.8 Å². The molecule has 63 heavy (non-hydrogen) atoms. The van der Waals surface area contributed by atoms with Crippen molar-refractivity contribution in [1.29, 1.82) is 0 Å². The highest BCUT2D eigenvalue weighted by Gasteiger charge is 2.46. The Morgan fingerprint density at radius 3 is 1.49 bits per heavy atom. The van der Waals surface area contributed by atoms with Gasteiger partial charge in [-0.05, 0) is 95.4 Å². The molecule has 0 amide bonds. The Hall–Kier alpha value is -8.20. The molecular weight excluding hydrogens is 761 g/mol. The van der Waals surface area contributed by atoms with Gasteiger partial charge in [-0.2, -0.15) is 0 Å². The van der Waals surface area contributed by atoms with Gasteiger partial charge in [-0.1, -0.05) is 224 Å². The van der Waals surface area contributed by atoms with Crippen molar-refractivity contribution in [3.63, 3.8) is 0 Å². The summed E-state index contributed by atoms with van der Waals surface area (Å²) in [6.07, 6.45) is 0. The highest BCUT2D eigenvalue weighted by Crippen LogP contribution is 2.57. The molecule has 1 aromatic heterocycles. The van der Waals surface area contributed by atoms with E-state index in [1.807, 2.05) is 6.07 Å². The minimum atomic E-state index is -0.478. The largest absolute Gasteiger partial charge is 0.228 e. The zero-order chi connectivity index (χ0) is 41.7. The molecule has 0 unspecified atom stereocenters. The summed E-state index contributed by atoms with van der Waals surface area (Å²) in [5.74, 6) is 0.695. The third kappa shape index (κ3) is 6.02. The smallest absolute Gasteiger partial charge is 0.160 e. The van der Waals surface area contributed by atoms with Crippen molar-refractivity contribution in [2.45, 2.75) is 5.41 Å². The summed E-state index contributed by atoms with van der Waals surface area (Å²) in [5, 5.41) is 4.75. The standard InChI is InChI=1S/C61H40N2/c1-4-19-42(20-5-1)60-62-58(54-30-15-12-26-48(54)44-33-32-41-18-10-11-21-43(41)38-44)40-59(63-60)55-37-36-49(50-27-13-14-28-51(50)55)45-34-35-53-52-29-16-17-31-56(52)61(57(53)39-45,46-22-6-2-7-23-46)47-24-8-3-9-25-47/h1-40H. The third-order valence-electron chi connectivity index (χ3n) is 13.0. The van der Waals surface area contributed by atoms with Crippen molar-refractivity contribution < 1.29 is 0 Å². The van der Waals surface area contributed by atoms with E-state index in [-0.39, 0.29) is 0 Å². The predicted molar refractivity (Wildman–Crippen MR) is 262 cm³/mol. The van der Waals surface area contributed by atoms with Crippen LogP contribution in [0.2, 0.25) is 0 Å². The molecule has 2 heteroatoms. The molecule has 10 aromatic carbocycles. The van der Waals surface area contributed by atoms with Crippen LogP contribution in [0.3, 0.4) is 0 Å². The van der Waals surface area contributed by atoms with Crippen molar-refractivity contribution in [3.05, 3.63) is 265 Å². The van der Waals surface area contributed by atoms with Crippen molar-refractivity contribution in [1.82, 2.24) is 9.97 Å². The van der Waals surface area contributed by atoms with Gasteiger partial charge in [-0.3, -0.25) is 0 Å². The van der Waals surface area contributed by atoms with Crippen molar-refractivity contribution in [3.8, 4) is 67.3 Å². The predicted octanol–water partition coefficient (Wildman–Crippen LogP) is 15.5. The molecule has 294 valence electrons. The molecule has 0 N–H and O–H groups in total. The van der Waals surface area contributed by atoms with Gasteiger partial charge in [0, 0.05) is 16.7 Å². The summed E-state index contributed by atoms with van der Waals surface area (Å²) in [7, 11) is 0. The van der Waals surface area contributed by atoms with E-state index >= 15 is 0 Å². The lowest BCUT2D eigenvalue weighted by Crippen LogP contribution is -2.28. The summed E-state index contributed by atoms with van der Waals surface area (Å²) in [6.45, 7) is 0. The van der Waals surface area contributed by atoms with Crippen LogP contribution < -0.4 is 0 Å². The van der Waals surface area contributed by atoms with E-state index in [4.69, 9.17) is 9.97 Å². The van der Waals surface area contributed by atoms with Gasteiger partial charge in [-0.15, -0.1) is 0 Å². The molecule has 0 spiro atoms. The number of nitrogens with zero attached hydrogens (tertiary/aromatic N) is 2. The molecule has 0 radical (unpaired) electrons. The molecule has 0 bridgehead atoms.